The van der Waals surface area contributed by atoms with Gasteiger partial charge in [-0.1, -0.05) is 34.6 Å². The number of likely N-dealkylation sites (N-methyl/N-ethyl adjacent to an activating group) is 1. The maximum absolute atomic E-state index is 14.1. The zero-order valence-electron chi connectivity index (χ0n) is 33.0. The maximum Gasteiger partial charge on any atom is 0.311 e. The van der Waals surface area contributed by atoms with Gasteiger partial charge in [0.25, 0.3) is 0 Å². The Bertz CT molecular complexity index is 1170. The molecule has 298 valence electrons. The second-order valence-corrected chi connectivity index (χ2v) is 16.6. The van der Waals surface area contributed by atoms with E-state index in [0.29, 0.717) is 6.42 Å². The second-order valence-electron chi connectivity index (χ2n) is 16.6. The maximum atomic E-state index is 14.1. The van der Waals surface area contributed by atoms with Crippen LogP contribution in [0.5, 0.6) is 0 Å². The molecule has 14 heteroatoms. The highest BCUT2D eigenvalue weighted by molar-refractivity contribution is 5.86. The largest absolute Gasteiger partial charge is 0.459 e. The Morgan fingerprint density at radius 1 is 0.922 bits per heavy atom. The molecule has 0 aromatic rings. The summed E-state index contributed by atoms with van der Waals surface area (Å²) in [6.45, 7) is 16.8. The zero-order chi connectivity index (χ0) is 39.0. The SMILES string of the molecule is CC[C@@H]1OC(=O)[C@H](C)[C@H](O[C@@H]2OC[C@@](C)(OC)[C@@H](O)[C@@H]2C)[C@H](C)[C@H](O[C@@H]2O[C@H](C)C[C@H](N(C)C)[C@H]2O)[C@](C)(O)C[C@H](C)C(=N)[C@H](C)[C@H](O)[C@@]1(C)O. The number of aliphatic hydroxyl groups excluding tert-OH is 3. The van der Waals surface area contributed by atoms with E-state index in [2.05, 4.69) is 0 Å². The van der Waals surface area contributed by atoms with Crippen LogP contribution in [0.4, 0.5) is 0 Å². The van der Waals surface area contributed by atoms with Crippen molar-refractivity contribution in [2.45, 2.75) is 167 Å². The minimum atomic E-state index is -1.92. The van der Waals surface area contributed by atoms with Gasteiger partial charge < -0.3 is 64.3 Å². The van der Waals surface area contributed by atoms with Crippen molar-refractivity contribution in [2.24, 2.45) is 29.6 Å². The molecule has 3 aliphatic heterocycles. The Labute approximate surface area is 304 Å². The number of esters is 1. The normalized spacial score (nSPS) is 49.7. The van der Waals surface area contributed by atoms with Gasteiger partial charge >= 0.3 is 5.97 Å². The first-order chi connectivity index (χ1) is 23.4. The highest BCUT2D eigenvalue weighted by Gasteiger charge is 2.53. The number of carbonyl (C=O) groups excluding carboxylic acids is 1. The zero-order valence-corrected chi connectivity index (χ0v) is 33.0. The number of aliphatic hydroxyl groups is 5. The Kier molecular flexibility index (Phi) is 14.7. The molecule has 3 rings (SSSR count). The molecule has 0 spiro atoms. The van der Waals surface area contributed by atoms with Crippen LogP contribution in [0.25, 0.3) is 0 Å². The van der Waals surface area contributed by atoms with Crippen LogP contribution < -0.4 is 0 Å². The Balaban J connectivity index is 2.18. The highest BCUT2D eigenvalue weighted by Crippen LogP contribution is 2.40. The number of cyclic esters (lactones) is 1. The quantitative estimate of drug-likeness (QED) is 0.208. The summed E-state index contributed by atoms with van der Waals surface area (Å²) in [5.74, 6) is -4.67. The third-order valence-electron chi connectivity index (χ3n) is 12.0. The lowest BCUT2D eigenvalue weighted by Gasteiger charge is -2.49. The molecule has 14 nitrogen and oxygen atoms in total. The fourth-order valence-corrected chi connectivity index (χ4v) is 8.35. The molecule has 0 aliphatic carbocycles. The number of rotatable bonds is 7. The van der Waals surface area contributed by atoms with E-state index >= 15 is 0 Å². The third-order valence-corrected chi connectivity index (χ3v) is 12.0. The summed E-state index contributed by atoms with van der Waals surface area (Å²) in [7, 11) is 5.21. The predicted molar refractivity (Wildman–Crippen MR) is 189 cm³/mol. The summed E-state index contributed by atoms with van der Waals surface area (Å²) in [5, 5.41) is 67.2. The number of nitrogens with one attached hydrogen (secondary N) is 1. The molecule has 0 radical (unpaired) electrons. The fourth-order valence-electron chi connectivity index (χ4n) is 8.35. The van der Waals surface area contributed by atoms with Gasteiger partial charge in [0.1, 0.15) is 23.4 Å². The van der Waals surface area contributed by atoms with Gasteiger partial charge in [0.15, 0.2) is 12.6 Å². The van der Waals surface area contributed by atoms with Crippen molar-refractivity contribution < 1.29 is 58.7 Å². The first-order valence-corrected chi connectivity index (χ1v) is 18.5. The average Bonchev–Trinajstić information content (AvgIpc) is 3.06. The van der Waals surface area contributed by atoms with Gasteiger partial charge in [0.2, 0.25) is 0 Å². The molecule has 6 N–H and O–H groups in total. The molecule has 18 atom stereocenters. The van der Waals surface area contributed by atoms with Gasteiger partial charge in [0, 0.05) is 36.6 Å². The van der Waals surface area contributed by atoms with E-state index in [4.69, 9.17) is 33.8 Å². The molecule has 0 bridgehead atoms. The molecule has 0 amide bonds. The van der Waals surface area contributed by atoms with Gasteiger partial charge in [0.05, 0.1) is 48.6 Å². The molecule has 3 saturated heterocycles. The standard InChI is InChI=1S/C37H68N2O12/c1-14-25-37(10,45)30(42)20(4)26(38)18(2)16-35(8,44)31(51-34-27(40)24(39(11)12)15-19(3)48-34)21(5)28(22(6)32(43)49-25)50-33-23(7)29(41)36(9,46-13)17-47-33/h18-25,27-31,33-34,38,40-42,44-45H,14-17H2,1-13H3/t18-,19+,20-,21-,22+,23-,24-,25-,27+,28+,29-,30-,31-,33-,34-,35+,36+,37-/m0/s1. The number of nitrogens with zero attached hydrogens (tertiary/aromatic N) is 1. The monoisotopic (exact) mass is 732 g/mol. The Hall–Kier alpha value is -1.30. The lowest BCUT2D eigenvalue weighted by Crippen LogP contribution is -2.61. The van der Waals surface area contributed by atoms with Gasteiger partial charge in [-0.15, -0.1) is 0 Å². The minimum Gasteiger partial charge on any atom is -0.459 e. The van der Waals surface area contributed by atoms with Crippen molar-refractivity contribution >= 4 is 11.7 Å². The molecule has 0 saturated carbocycles. The van der Waals surface area contributed by atoms with E-state index in [1.54, 1.807) is 55.4 Å². The predicted octanol–water partition coefficient (Wildman–Crippen LogP) is 2.09. The van der Waals surface area contributed by atoms with Crippen molar-refractivity contribution in [1.29, 1.82) is 5.41 Å². The summed E-state index contributed by atoms with van der Waals surface area (Å²) < 4.78 is 37.1. The van der Waals surface area contributed by atoms with E-state index in [1.165, 1.54) is 14.0 Å². The van der Waals surface area contributed by atoms with Gasteiger partial charge in [-0.2, -0.15) is 0 Å². The lowest BCUT2D eigenvalue weighted by atomic mass is 9.73. The van der Waals surface area contributed by atoms with Gasteiger partial charge in [-0.3, -0.25) is 4.79 Å². The van der Waals surface area contributed by atoms with Gasteiger partial charge in [-0.05, 0) is 73.9 Å². The summed E-state index contributed by atoms with van der Waals surface area (Å²) in [6.07, 6.45) is -8.66. The van der Waals surface area contributed by atoms with Crippen molar-refractivity contribution in [3.05, 3.63) is 0 Å². The molecule has 3 fully saturated rings. The molecule has 3 aliphatic rings. The van der Waals surface area contributed by atoms with E-state index < -0.39 is 102 Å². The van der Waals surface area contributed by atoms with E-state index in [0.717, 1.165) is 0 Å². The molecule has 51 heavy (non-hydrogen) atoms. The van der Waals surface area contributed by atoms with Crippen molar-refractivity contribution in [3.63, 3.8) is 0 Å². The Morgan fingerprint density at radius 2 is 1.53 bits per heavy atom. The van der Waals surface area contributed by atoms with E-state index in [1.807, 2.05) is 25.9 Å². The van der Waals surface area contributed by atoms with Crippen LogP contribution in [-0.2, 0) is 33.2 Å². The summed E-state index contributed by atoms with van der Waals surface area (Å²) >= 11 is 0. The molecular weight excluding hydrogens is 664 g/mol. The summed E-state index contributed by atoms with van der Waals surface area (Å²) in [6, 6.07) is -0.306. The van der Waals surface area contributed by atoms with E-state index in [9.17, 15) is 30.3 Å². The molecule has 3 heterocycles. The first-order valence-electron chi connectivity index (χ1n) is 18.5. The second kappa shape index (κ2) is 17.0. The van der Waals surface area contributed by atoms with Crippen LogP contribution in [0.3, 0.4) is 0 Å². The van der Waals surface area contributed by atoms with Crippen molar-refractivity contribution in [2.75, 3.05) is 27.8 Å². The van der Waals surface area contributed by atoms with Gasteiger partial charge in [-0.25, -0.2) is 0 Å². The average molecular weight is 733 g/mol. The number of carbonyl (C=O) groups is 1. The summed E-state index contributed by atoms with van der Waals surface area (Å²) in [5.41, 5.74) is -4.55. The van der Waals surface area contributed by atoms with Crippen LogP contribution in [0, 0.1) is 35.0 Å². The fraction of sp³-hybridized carbons (Fsp3) is 0.946. The van der Waals surface area contributed by atoms with Crippen LogP contribution in [0.2, 0.25) is 0 Å². The lowest BCUT2D eigenvalue weighted by molar-refractivity contribution is -0.319. The summed E-state index contributed by atoms with van der Waals surface area (Å²) in [4.78, 5) is 16.0. The topological polar surface area (TPSA) is 201 Å². The number of hydrogen-bond donors (Lipinski definition) is 6. The smallest absolute Gasteiger partial charge is 0.311 e. The highest BCUT2D eigenvalue weighted by atomic mass is 16.7. The van der Waals surface area contributed by atoms with Crippen molar-refractivity contribution in [1.82, 2.24) is 4.90 Å². The number of methoxy groups -OCH3 is 1. The number of hydrogen-bond acceptors (Lipinski definition) is 14. The molecular formula is C37H68N2O12. The van der Waals surface area contributed by atoms with Crippen LogP contribution >= 0.6 is 0 Å². The molecule has 0 aromatic carbocycles. The molecule has 0 unspecified atom stereocenters. The van der Waals surface area contributed by atoms with Crippen LogP contribution in [0.15, 0.2) is 0 Å². The molecule has 0 aromatic heterocycles. The van der Waals surface area contributed by atoms with E-state index in [-0.39, 0.29) is 37.3 Å². The van der Waals surface area contributed by atoms with Crippen LogP contribution in [-0.4, -0.2) is 148 Å². The Morgan fingerprint density at radius 3 is 2.08 bits per heavy atom. The minimum absolute atomic E-state index is 0.000358. The first kappa shape index (κ1) is 44.1. The van der Waals surface area contributed by atoms with Crippen LogP contribution in [0.1, 0.15) is 88.5 Å². The number of ether oxygens (including phenoxy) is 6. The van der Waals surface area contributed by atoms with Crippen molar-refractivity contribution in [3.8, 4) is 0 Å². The third kappa shape index (κ3) is 9.33.